The predicted octanol–water partition coefficient (Wildman–Crippen LogP) is 4.32. The Labute approximate surface area is 173 Å². The Balaban J connectivity index is 1.73. The third kappa shape index (κ3) is 4.07. The van der Waals surface area contributed by atoms with Gasteiger partial charge in [-0.1, -0.05) is 37.3 Å². The van der Waals surface area contributed by atoms with E-state index in [1.807, 2.05) is 25.1 Å². The van der Waals surface area contributed by atoms with Crippen LogP contribution in [-0.2, 0) is 24.3 Å². The number of carbonyl (C=O) groups excluding carboxylic acids is 1. The average Bonchev–Trinajstić information content (AvgIpc) is 2.67. The van der Waals surface area contributed by atoms with Crippen LogP contribution in [0.1, 0.15) is 41.5 Å². The Hall–Kier alpha value is -2.63. The molecule has 1 unspecified atom stereocenters. The first kappa shape index (κ1) is 19.7. The molecule has 0 saturated heterocycles. The summed E-state index contributed by atoms with van der Waals surface area (Å²) in [7, 11) is 0. The molecule has 0 saturated carbocycles. The summed E-state index contributed by atoms with van der Waals surface area (Å²) in [6, 6.07) is 13.5. The molecule has 2 heterocycles. The molecule has 2 aromatic carbocycles. The Bertz CT molecular complexity index is 1120. The maximum absolute atomic E-state index is 12.6. The Morgan fingerprint density at radius 1 is 1.24 bits per heavy atom. The summed E-state index contributed by atoms with van der Waals surface area (Å²) in [5.74, 6) is -0.126. The highest BCUT2D eigenvalue weighted by Crippen LogP contribution is 2.36. The predicted molar refractivity (Wildman–Crippen MR) is 112 cm³/mol. The molecular weight excluding hydrogens is 390 g/mol. The van der Waals surface area contributed by atoms with Crippen molar-refractivity contribution in [1.82, 2.24) is 4.90 Å². The third-order valence-electron chi connectivity index (χ3n) is 5.56. The molecule has 0 radical (unpaired) electrons. The van der Waals surface area contributed by atoms with Crippen molar-refractivity contribution in [2.75, 3.05) is 6.54 Å². The molecule has 1 aliphatic rings. The SMILES string of the molecule is CC(CC(=O)Cl)c1cc(O)c2c3c(c(=O)oc2c1)CCN(Cc1ccccc1)C3. The third-order valence-corrected chi connectivity index (χ3v) is 5.72. The number of hydrogen-bond donors (Lipinski definition) is 1. The zero-order chi connectivity index (χ0) is 20.5. The second kappa shape index (κ2) is 8.01. The van der Waals surface area contributed by atoms with Crippen molar-refractivity contribution < 1.29 is 14.3 Å². The van der Waals surface area contributed by atoms with Crippen LogP contribution in [-0.4, -0.2) is 21.8 Å². The van der Waals surface area contributed by atoms with Gasteiger partial charge in [0.05, 0.1) is 5.39 Å². The van der Waals surface area contributed by atoms with Gasteiger partial charge in [-0.05, 0) is 52.8 Å². The van der Waals surface area contributed by atoms with Gasteiger partial charge in [-0.2, -0.15) is 0 Å². The van der Waals surface area contributed by atoms with E-state index in [1.165, 1.54) is 5.56 Å². The van der Waals surface area contributed by atoms with Crippen LogP contribution in [0.5, 0.6) is 5.75 Å². The maximum atomic E-state index is 12.6. The number of fused-ring (bicyclic) bond motifs is 3. The molecule has 3 aromatic rings. The maximum Gasteiger partial charge on any atom is 0.339 e. The van der Waals surface area contributed by atoms with Crippen molar-refractivity contribution in [3.63, 3.8) is 0 Å². The molecule has 5 nitrogen and oxygen atoms in total. The fourth-order valence-electron chi connectivity index (χ4n) is 4.06. The number of rotatable bonds is 5. The van der Waals surface area contributed by atoms with Gasteiger partial charge in [-0.25, -0.2) is 4.79 Å². The van der Waals surface area contributed by atoms with Crippen molar-refractivity contribution in [3.05, 3.63) is 75.1 Å². The summed E-state index contributed by atoms with van der Waals surface area (Å²) < 4.78 is 5.54. The average molecular weight is 412 g/mol. The number of phenols is 1. The smallest absolute Gasteiger partial charge is 0.339 e. The minimum Gasteiger partial charge on any atom is -0.507 e. The molecular formula is C23H22ClNO4. The summed E-state index contributed by atoms with van der Waals surface area (Å²) in [5, 5.41) is 10.9. The first-order chi connectivity index (χ1) is 13.9. The second-order valence-corrected chi connectivity index (χ2v) is 8.09. The molecule has 6 heteroatoms. The molecule has 4 rings (SSSR count). The molecule has 1 aromatic heterocycles. The summed E-state index contributed by atoms with van der Waals surface area (Å²) in [6.07, 6.45) is 0.727. The van der Waals surface area contributed by atoms with Crippen LogP contribution >= 0.6 is 11.6 Å². The van der Waals surface area contributed by atoms with Crippen LogP contribution in [0, 0.1) is 0 Å². The largest absolute Gasteiger partial charge is 0.507 e. The van der Waals surface area contributed by atoms with E-state index in [0.29, 0.717) is 35.1 Å². The van der Waals surface area contributed by atoms with Crippen molar-refractivity contribution in [3.8, 4) is 5.75 Å². The lowest BCUT2D eigenvalue weighted by molar-refractivity contribution is -0.111. The molecule has 0 spiro atoms. The van der Waals surface area contributed by atoms with Crippen molar-refractivity contribution in [2.24, 2.45) is 0 Å². The van der Waals surface area contributed by atoms with E-state index in [-0.39, 0.29) is 23.7 Å². The molecule has 0 amide bonds. The molecule has 0 fully saturated rings. The second-order valence-electron chi connectivity index (χ2n) is 7.67. The normalized spacial score (nSPS) is 15.2. The molecule has 1 N–H and O–H groups in total. The quantitative estimate of drug-likeness (QED) is 0.500. The van der Waals surface area contributed by atoms with E-state index in [4.69, 9.17) is 16.0 Å². The van der Waals surface area contributed by atoms with Gasteiger partial charge < -0.3 is 9.52 Å². The van der Waals surface area contributed by atoms with Gasteiger partial charge in [0.15, 0.2) is 0 Å². The first-order valence-corrected chi connectivity index (χ1v) is 10.1. The van der Waals surface area contributed by atoms with Crippen LogP contribution in [0.4, 0.5) is 0 Å². The van der Waals surface area contributed by atoms with Crippen LogP contribution in [0.25, 0.3) is 11.0 Å². The topological polar surface area (TPSA) is 70.7 Å². The lowest BCUT2D eigenvalue weighted by Gasteiger charge is -2.29. The van der Waals surface area contributed by atoms with E-state index >= 15 is 0 Å². The van der Waals surface area contributed by atoms with E-state index in [2.05, 4.69) is 17.0 Å². The number of hydrogen-bond acceptors (Lipinski definition) is 5. The van der Waals surface area contributed by atoms with E-state index < -0.39 is 5.24 Å². The first-order valence-electron chi connectivity index (χ1n) is 9.68. The fourth-order valence-corrected chi connectivity index (χ4v) is 4.29. The highest BCUT2D eigenvalue weighted by molar-refractivity contribution is 6.63. The Morgan fingerprint density at radius 3 is 2.72 bits per heavy atom. The summed E-state index contributed by atoms with van der Waals surface area (Å²) in [6.45, 7) is 3.94. The summed E-state index contributed by atoms with van der Waals surface area (Å²) in [4.78, 5) is 26.1. The van der Waals surface area contributed by atoms with E-state index in [0.717, 1.165) is 18.7 Å². The standard InChI is InChI=1S/C23H22ClNO4/c1-14(9-21(24)27)16-10-19(26)22-18-13-25(12-15-5-3-2-4-6-15)8-7-17(18)23(28)29-20(22)11-16/h2-6,10-11,14,26H,7-9,12-13H2,1H3. The molecule has 150 valence electrons. The van der Waals surface area contributed by atoms with Crippen LogP contribution < -0.4 is 5.63 Å². The lowest BCUT2D eigenvalue weighted by Crippen LogP contribution is -2.33. The van der Waals surface area contributed by atoms with Gasteiger partial charge in [0.25, 0.3) is 0 Å². The van der Waals surface area contributed by atoms with Crippen LogP contribution in [0.15, 0.2) is 51.7 Å². The highest BCUT2D eigenvalue weighted by atomic mass is 35.5. The van der Waals surface area contributed by atoms with Gasteiger partial charge >= 0.3 is 5.63 Å². The number of nitrogens with zero attached hydrogens (tertiary/aromatic N) is 1. The Kier molecular flexibility index (Phi) is 5.43. The minimum atomic E-state index is -0.444. The lowest BCUT2D eigenvalue weighted by atomic mass is 9.93. The van der Waals surface area contributed by atoms with Crippen LogP contribution in [0.2, 0.25) is 0 Å². The number of phenolic OH excluding ortho intramolecular Hbond substituents is 1. The molecule has 0 aliphatic carbocycles. The van der Waals surface area contributed by atoms with Gasteiger partial charge in [0.2, 0.25) is 5.24 Å². The number of benzene rings is 2. The number of aromatic hydroxyl groups is 1. The Morgan fingerprint density at radius 2 is 2.00 bits per heavy atom. The fraction of sp³-hybridized carbons (Fsp3) is 0.304. The number of carbonyl (C=O) groups is 1. The van der Waals surface area contributed by atoms with Gasteiger partial charge in [-0.3, -0.25) is 9.69 Å². The van der Waals surface area contributed by atoms with E-state index in [1.54, 1.807) is 12.1 Å². The van der Waals surface area contributed by atoms with E-state index in [9.17, 15) is 14.7 Å². The summed E-state index contributed by atoms with van der Waals surface area (Å²) in [5.41, 5.74) is 3.36. The van der Waals surface area contributed by atoms with Crippen molar-refractivity contribution in [1.29, 1.82) is 0 Å². The van der Waals surface area contributed by atoms with Crippen LogP contribution in [0.3, 0.4) is 0 Å². The van der Waals surface area contributed by atoms with Gasteiger partial charge in [0.1, 0.15) is 11.3 Å². The summed E-state index contributed by atoms with van der Waals surface area (Å²) >= 11 is 5.50. The van der Waals surface area contributed by atoms with Gasteiger partial charge in [0, 0.05) is 31.6 Å². The van der Waals surface area contributed by atoms with Gasteiger partial charge in [-0.15, -0.1) is 0 Å². The zero-order valence-electron chi connectivity index (χ0n) is 16.2. The monoisotopic (exact) mass is 411 g/mol. The molecule has 1 aliphatic heterocycles. The molecule has 0 bridgehead atoms. The van der Waals surface area contributed by atoms with Crippen molar-refractivity contribution >= 4 is 27.8 Å². The minimum absolute atomic E-state index is 0.0629. The van der Waals surface area contributed by atoms with Crippen molar-refractivity contribution in [2.45, 2.75) is 38.8 Å². The zero-order valence-corrected chi connectivity index (χ0v) is 16.9. The molecule has 1 atom stereocenters. The molecule has 29 heavy (non-hydrogen) atoms. The number of halogens is 1. The highest BCUT2D eigenvalue weighted by Gasteiger charge is 2.25.